The maximum atomic E-state index is 13.5. The van der Waals surface area contributed by atoms with Crippen molar-refractivity contribution in [3.8, 4) is 17.2 Å². The first kappa shape index (κ1) is 33.4. The number of nitriles is 1. The fourth-order valence-electron chi connectivity index (χ4n) is 6.04. The van der Waals surface area contributed by atoms with Crippen LogP contribution in [0.5, 0.6) is 0 Å². The molecule has 1 fully saturated rings. The summed E-state index contributed by atoms with van der Waals surface area (Å²) < 4.78 is 40.4. The molecule has 5 rings (SSSR count). The molecular weight excluding hydrogens is 607 g/mol. The van der Waals surface area contributed by atoms with E-state index in [1.807, 2.05) is 59.5 Å². The van der Waals surface area contributed by atoms with Gasteiger partial charge < -0.3 is 10.2 Å². The van der Waals surface area contributed by atoms with Crippen LogP contribution in [0.15, 0.2) is 83.9 Å². The molecule has 0 atom stereocenters. The number of alkyl halides is 3. The molecule has 0 radical (unpaired) electrons. The van der Waals surface area contributed by atoms with Gasteiger partial charge in [-0.25, -0.2) is 9.69 Å². The van der Waals surface area contributed by atoms with E-state index in [0.29, 0.717) is 37.6 Å². The van der Waals surface area contributed by atoms with E-state index in [9.17, 15) is 27.6 Å². The first-order chi connectivity index (χ1) is 22.6. The van der Waals surface area contributed by atoms with Crippen molar-refractivity contribution in [2.75, 3.05) is 42.9 Å². The topological polar surface area (TPSA) is 96.8 Å². The third-order valence-corrected chi connectivity index (χ3v) is 8.69. The largest absolute Gasteiger partial charge is 0.417 e. The molecule has 2 aliphatic heterocycles. The summed E-state index contributed by atoms with van der Waals surface area (Å²) in [4.78, 5) is 43.9. The van der Waals surface area contributed by atoms with Gasteiger partial charge in [0.15, 0.2) is 0 Å². The van der Waals surface area contributed by atoms with E-state index in [4.69, 9.17) is 5.26 Å². The van der Waals surface area contributed by atoms with Gasteiger partial charge in [0.2, 0.25) is 0 Å². The smallest absolute Gasteiger partial charge is 0.322 e. The van der Waals surface area contributed by atoms with Crippen LogP contribution in [-0.4, -0.2) is 60.4 Å². The number of anilines is 2. The molecule has 11 heteroatoms. The molecule has 0 spiro atoms. The molecule has 1 N–H and O–H groups in total. The van der Waals surface area contributed by atoms with Gasteiger partial charge in [0.1, 0.15) is 0 Å². The summed E-state index contributed by atoms with van der Waals surface area (Å²) in [7, 11) is 0. The highest BCUT2D eigenvalue weighted by Crippen LogP contribution is 2.37. The minimum absolute atomic E-state index is 0.115. The van der Waals surface area contributed by atoms with Crippen molar-refractivity contribution < 1.29 is 27.6 Å². The number of benzene rings is 3. The fourth-order valence-corrected chi connectivity index (χ4v) is 6.04. The van der Waals surface area contributed by atoms with Gasteiger partial charge >= 0.3 is 12.2 Å². The summed E-state index contributed by atoms with van der Waals surface area (Å²) >= 11 is 0. The van der Waals surface area contributed by atoms with Crippen LogP contribution in [0.25, 0.3) is 11.1 Å². The number of nitrogens with zero attached hydrogens (tertiary/aromatic N) is 4. The number of urea groups is 1. The van der Waals surface area contributed by atoms with Crippen molar-refractivity contribution in [2.45, 2.75) is 45.2 Å². The molecule has 3 aromatic carbocycles. The molecule has 3 aromatic rings. The van der Waals surface area contributed by atoms with Crippen LogP contribution < -0.4 is 10.2 Å². The van der Waals surface area contributed by atoms with Crippen LogP contribution in [0.4, 0.5) is 29.3 Å². The lowest BCUT2D eigenvalue weighted by Gasteiger charge is -2.34. The molecular formula is C36H36F3N5O3. The molecule has 0 aliphatic carbocycles. The first-order valence-electron chi connectivity index (χ1n) is 15.7. The van der Waals surface area contributed by atoms with Gasteiger partial charge in [0.25, 0.3) is 11.8 Å². The number of halogens is 3. The van der Waals surface area contributed by atoms with Gasteiger partial charge in [-0.2, -0.15) is 18.4 Å². The van der Waals surface area contributed by atoms with Crippen LogP contribution in [0, 0.1) is 11.3 Å². The lowest BCUT2D eigenvalue weighted by molar-refractivity contribution is -0.138. The molecule has 0 bridgehead atoms. The molecule has 1 saturated heterocycles. The first-order valence-corrected chi connectivity index (χ1v) is 15.7. The maximum Gasteiger partial charge on any atom is 0.417 e. The molecule has 0 unspecified atom stereocenters. The molecule has 4 amide bonds. The van der Waals surface area contributed by atoms with Crippen molar-refractivity contribution in [1.82, 2.24) is 9.80 Å². The Kier molecular flexibility index (Phi) is 10.4. The second-order valence-electron chi connectivity index (χ2n) is 11.7. The Labute approximate surface area is 272 Å². The molecule has 2 heterocycles. The lowest BCUT2D eigenvalue weighted by atomic mass is 10.0. The Balaban J connectivity index is 1.03. The highest BCUT2D eigenvalue weighted by molar-refractivity contribution is 6.32. The van der Waals surface area contributed by atoms with Crippen molar-refractivity contribution in [2.24, 2.45) is 0 Å². The van der Waals surface area contributed by atoms with E-state index in [-0.39, 0.29) is 17.3 Å². The number of piperazine rings is 1. The highest BCUT2D eigenvalue weighted by atomic mass is 19.4. The molecule has 47 heavy (non-hydrogen) atoms. The summed E-state index contributed by atoms with van der Waals surface area (Å²) in [5, 5.41) is 12.1. The minimum Gasteiger partial charge on any atom is -0.322 e. The van der Waals surface area contributed by atoms with E-state index < -0.39 is 29.1 Å². The number of unbranched alkanes of at least 4 members (excludes halogenated alkanes) is 3. The Morgan fingerprint density at radius 2 is 1.55 bits per heavy atom. The molecule has 0 aromatic heterocycles. The van der Waals surface area contributed by atoms with Gasteiger partial charge in [-0.15, -0.1) is 0 Å². The van der Waals surface area contributed by atoms with E-state index in [2.05, 4.69) is 10.2 Å². The van der Waals surface area contributed by atoms with Crippen LogP contribution >= 0.6 is 0 Å². The predicted molar refractivity (Wildman–Crippen MR) is 173 cm³/mol. The zero-order chi connectivity index (χ0) is 33.6. The van der Waals surface area contributed by atoms with Gasteiger partial charge in [-0.3, -0.25) is 14.5 Å². The fraction of sp³-hybridized carbons (Fsp3) is 0.333. The SMILES string of the molecule is CC1=C(CCCCCCN2CCN(C(=O)Nc3ccccc3-c3ccccc3)CC2)C(=O)N(c2ccc(C#N)c(C(F)(F)F)c2)C1=O. The van der Waals surface area contributed by atoms with E-state index in [1.54, 1.807) is 0 Å². The normalized spacial score (nSPS) is 15.7. The second kappa shape index (κ2) is 14.6. The summed E-state index contributed by atoms with van der Waals surface area (Å²) in [6.45, 7) is 5.22. The molecule has 0 saturated carbocycles. The summed E-state index contributed by atoms with van der Waals surface area (Å²) in [5.41, 5.74) is 1.38. The number of carbonyl (C=O) groups is 3. The zero-order valence-corrected chi connectivity index (χ0v) is 26.1. The molecule has 244 valence electrons. The summed E-state index contributed by atoms with van der Waals surface area (Å²) in [5.74, 6) is -1.26. The van der Waals surface area contributed by atoms with Crippen LogP contribution in [0.1, 0.15) is 50.2 Å². The number of imide groups is 1. The van der Waals surface area contributed by atoms with Gasteiger partial charge in [-0.05, 0) is 62.6 Å². The monoisotopic (exact) mass is 643 g/mol. The van der Waals surface area contributed by atoms with Crippen LogP contribution in [0.3, 0.4) is 0 Å². The number of nitrogens with one attached hydrogen (secondary N) is 1. The highest BCUT2D eigenvalue weighted by Gasteiger charge is 2.39. The van der Waals surface area contributed by atoms with Gasteiger partial charge in [-0.1, -0.05) is 61.4 Å². The third kappa shape index (κ3) is 7.72. The zero-order valence-electron chi connectivity index (χ0n) is 26.1. The van der Waals surface area contributed by atoms with E-state index in [0.717, 1.165) is 66.7 Å². The van der Waals surface area contributed by atoms with Crippen molar-refractivity contribution >= 4 is 29.2 Å². The standard InChI is InChI=1S/C36H36F3N5O3/c1-25-29(34(46)44(33(25)45)28-17-16-27(24-40)31(23-28)36(37,38)39)13-7-2-3-10-18-42-19-21-43(22-20-42)35(47)41-32-15-9-8-14-30(32)26-11-5-4-6-12-26/h4-6,8-9,11-12,14-17,23H,2-3,7,10,13,18-22H2,1H3,(H,41,47). The van der Waals surface area contributed by atoms with Gasteiger partial charge in [0.05, 0.1) is 28.6 Å². The summed E-state index contributed by atoms with van der Waals surface area (Å²) in [6.07, 6.45) is -1.08. The third-order valence-electron chi connectivity index (χ3n) is 8.69. The average Bonchev–Trinajstić information content (AvgIpc) is 3.29. The van der Waals surface area contributed by atoms with E-state index in [1.165, 1.54) is 19.1 Å². The Morgan fingerprint density at radius 1 is 0.872 bits per heavy atom. The van der Waals surface area contributed by atoms with Crippen molar-refractivity contribution in [1.29, 1.82) is 5.26 Å². The molecule has 8 nitrogen and oxygen atoms in total. The van der Waals surface area contributed by atoms with Crippen LogP contribution in [0.2, 0.25) is 0 Å². The number of rotatable bonds is 10. The summed E-state index contributed by atoms with van der Waals surface area (Å²) in [6, 6.07) is 21.9. The van der Waals surface area contributed by atoms with E-state index >= 15 is 0 Å². The Morgan fingerprint density at radius 3 is 2.26 bits per heavy atom. The average molecular weight is 644 g/mol. The number of hydrogen-bond donors (Lipinski definition) is 1. The van der Waals surface area contributed by atoms with Gasteiger partial charge in [0, 0.05) is 42.9 Å². The second-order valence-corrected chi connectivity index (χ2v) is 11.7. The quantitative estimate of drug-likeness (QED) is 0.186. The molecule has 2 aliphatic rings. The number of carbonyl (C=O) groups excluding carboxylic acids is 3. The van der Waals surface area contributed by atoms with Crippen molar-refractivity contribution in [3.05, 3.63) is 95.1 Å². The van der Waals surface area contributed by atoms with Crippen molar-refractivity contribution in [3.63, 3.8) is 0 Å². The Bertz CT molecular complexity index is 1710. The number of amides is 4. The number of para-hydroxylation sites is 1. The maximum absolute atomic E-state index is 13.5. The number of hydrogen-bond acceptors (Lipinski definition) is 5. The Hall–Kier alpha value is -4.95. The van der Waals surface area contributed by atoms with Crippen LogP contribution in [-0.2, 0) is 15.8 Å². The lowest BCUT2D eigenvalue weighted by Crippen LogP contribution is -2.50. The predicted octanol–water partition coefficient (Wildman–Crippen LogP) is 7.23. The minimum atomic E-state index is -4.80.